The van der Waals surface area contributed by atoms with Crippen LogP contribution >= 0.6 is 0 Å². The summed E-state index contributed by atoms with van der Waals surface area (Å²) in [5.41, 5.74) is -0.295. The highest BCUT2D eigenvalue weighted by molar-refractivity contribution is 6.04. The molecule has 0 atom stereocenters. The lowest BCUT2D eigenvalue weighted by Crippen LogP contribution is -2.41. The zero-order chi connectivity index (χ0) is 19.1. The van der Waals surface area contributed by atoms with Gasteiger partial charge in [-0.2, -0.15) is 0 Å². The van der Waals surface area contributed by atoms with Gasteiger partial charge in [-0.05, 0) is 23.8 Å². The zero-order valence-electron chi connectivity index (χ0n) is 13.1. The van der Waals surface area contributed by atoms with Gasteiger partial charge in [0.25, 0.3) is 17.5 Å². The number of nitrogens with one attached hydrogen (secondary N) is 2. The van der Waals surface area contributed by atoms with Crippen molar-refractivity contribution in [3.05, 3.63) is 69.8 Å². The monoisotopic (exact) mass is 358 g/mol. The highest BCUT2D eigenvalue weighted by Gasteiger charge is 2.16. The van der Waals surface area contributed by atoms with Crippen LogP contribution in [0.1, 0.15) is 16.1 Å². The number of rotatable bonds is 7. The zero-order valence-corrected chi connectivity index (χ0v) is 13.1. The molecular formula is C16H12N3O7-. The Balaban J connectivity index is 2.31. The van der Waals surface area contributed by atoms with Gasteiger partial charge < -0.3 is 25.0 Å². The van der Waals surface area contributed by atoms with Gasteiger partial charge in [0.05, 0.1) is 23.7 Å². The molecule has 1 heterocycles. The van der Waals surface area contributed by atoms with Crippen molar-refractivity contribution in [3.63, 3.8) is 0 Å². The summed E-state index contributed by atoms with van der Waals surface area (Å²) in [6.07, 6.45) is 2.42. The Morgan fingerprint density at radius 1 is 1.19 bits per heavy atom. The molecule has 26 heavy (non-hydrogen) atoms. The second-order valence-corrected chi connectivity index (χ2v) is 4.90. The van der Waals surface area contributed by atoms with Gasteiger partial charge in [0.1, 0.15) is 5.70 Å². The van der Waals surface area contributed by atoms with E-state index in [1.54, 1.807) is 0 Å². The van der Waals surface area contributed by atoms with E-state index in [0.717, 1.165) is 0 Å². The molecule has 2 aromatic rings. The number of nitro benzene ring substituents is 1. The smallest absolute Gasteiger partial charge is 0.291 e. The van der Waals surface area contributed by atoms with E-state index in [2.05, 4.69) is 5.32 Å². The van der Waals surface area contributed by atoms with Gasteiger partial charge >= 0.3 is 0 Å². The minimum atomic E-state index is -1.52. The third-order valence-corrected chi connectivity index (χ3v) is 3.02. The van der Waals surface area contributed by atoms with E-state index in [9.17, 15) is 29.6 Å². The van der Waals surface area contributed by atoms with Gasteiger partial charge in [0, 0.05) is 12.1 Å². The average molecular weight is 358 g/mol. The van der Waals surface area contributed by atoms with Crippen molar-refractivity contribution in [1.29, 1.82) is 0 Å². The summed E-state index contributed by atoms with van der Waals surface area (Å²) in [6, 6.07) is 8.14. The maximum atomic E-state index is 12.1. The number of carboxylic acid groups (broad SMARTS) is 1. The molecule has 2 amide bonds. The molecule has 0 saturated heterocycles. The standard InChI is InChI=1S/C16H13N3O7/c20-14(21)9-17-15(22)12(18-16(23)13-5-2-6-26-13)8-10-3-1-4-11(7-10)19(24)25/h1-8H,9H2,(H,17,22)(H,18,23)(H,20,21)/p-1/b12-8-. The van der Waals surface area contributed by atoms with Gasteiger partial charge in [0.15, 0.2) is 5.76 Å². The van der Waals surface area contributed by atoms with Crippen LogP contribution in [0.25, 0.3) is 6.08 Å². The third-order valence-electron chi connectivity index (χ3n) is 3.02. The Labute approximate surface area is 146 Å². The second-order valence-electron chi connectivity index (χ2n) is 4.90. The molecule has 1 aromatic heterocycles. The number of aliphatic carboxylic acids is 1. The van der Waals surface area contributed by atoms with Crippen LogP contribution in [0.15, 0.2) is 52.8 Å². The maximum Gasteiger partial charge on any atom is 0.291 e. The minimum Gasteiger partial charge on any atom is -0.548 e. The fourth-order valence-corrected chi connectivity index (χ4v) is 1.89. The quantitative estimate of drug-likeness (QED) is 0.395. The molecule has 0 radical (unpaired) electrons. The summed E-state index contributed by atoms with van der Waals surface area (Å²) in [5.74, 6) is -3.27. The van der Waals surface area contributed by atoms with Crippen molar-refractivity contribution < 1.29 is 28.8 Å². The fourth-order valence-electron chi connectivity index (χ4n) is 1.89. The van der Waals surface area contributed by atoms with Crippen molar-refractivity contribution in [1.82, 2.24) is 10.6 Å². The van der Waals surface area contributed by atoms with Crippen LogP contribution in [0.3, 0.4) is 0 Å². The Morgan fingerprint density at radius 3 is 2.58 bits per heavy atom. The molecule has 0 saturated carbocycles. The number of benzene rings is 1. The normalized spacial score (nSPS) is 10.8. The lowest BCUT2D eigenvalue weighted by molar-refractivity contribution is -0.384. The highest BCUT2D eigenvalue weighted by atomic mass is 16.6. The van der Waals surface area contributed by atoms with Crippen LogP contribution in [0, 0.1) is 10.1 Å². The molecule has 0 spiro atoms. The average Bonchev–Trinajstić information content (AvgIpc) is 3.14. The topological polar surface area (TPSA) is 155 Å². The van der Waals surface area contributed by atoms with E-state index < -0.39 is 29.3 Å². The molecule has 2 rings (SSSR count). The summed E-state index contributed by atoms with van der Waals surface area (Å²) in [7, 11) is 0. The summed E-state index contributed by atoms with van der Waals surface area (Å²) in [4.78, 5) is 44.9. The van der Waals surface area contributed by atoms with Crippen LogP contribution in [-0.2, 0) is 9.59 Å². The van der Waals surface area contributed by atoms with Crippen molar-refractivity contribution in [3.8, 4) is 0 Å². The molecule has 0 aliphatic rings. The number of amides is 2. The summed E-state index contributed by atoms with van der Waals surface area (Å²) in [6.45, 7) is -0.776. The van der Waals surface area contributed by atoms with Gasteiger partial charge in [-0.1, -0.05) is 12.1 Å². The number of nitrogens with zero attached hydrogens (tertiary/aromatic N) is 1. The Morgan fingerprint density at radius 2 is 1.96 bits per heavy atom. The summed E-state index contributed by atoms with van der Waals surface area (Å²) < 4.78 is 4.91. The number of nitro groups is 1. The van der Waals surface area contributed by atoms with Crippen LogP contribution < -0.4 is 15.7 Å². The molecule has 0 unspecified atom stereocenters. The molecule has 0 aliphatic heterocycles. The summed E-state index contributed by atoms with van der Waals surface area (Å²) >= 11 is 0. The Kier molecular flexibility index (Phi) is 5.83. The van der Waals surface area contributed by atoms with E-state index in [1.165, 1.54) is 48.7 Å². The van der Waals surface area contributed by atoms with Gasteiger partial charge in [-0.15, -0.1) is 0 Å². The molecule has 0 bridgehead atoms. The summed E-state index contributed by atoms with van der Waals surface area (Å²) in [5, 5.41) is 25.6. The maximum absolute atomic E-state index is 12.1. The van der Waals surface area contributed by atoms with E-state index in [0.29, 0.717) is 0 Å². The number of non-ortho nitro benzene ring substituents is 1. The molecule has 0 aliphatic carbocycles. The number of hydrogen-bond donors (Lipinski definition) is 2. The largest absolute Gasteiger partial charge is 0.548 e. The lowest BCUT2D eigenvalue weighted by Gasteiger charge is -2.10. The highest BCUT2D eigenvalue weighted by Crippen LogP contribution is 2.15. The van der Waals surface area contributed by atoms with Gasteiger partial charge in [-0.3, -0.25) is 19.7 Å². The first kappa shape index (κ1) is 18.4. The first-order valence-electron chi connectivity index (χ1n) is 7.16. The Bertz CT molecular complexity index is 872. The molecule has 2 N–H and O–H groups in total. The molecule has 0 fully saturated rings. The van der Waals surface area contributed by atoms with Gasteiger partial charge in [-0.25, -0.2) is 0 Å². The number of carboxylic acids is 1. The van der Waals surface area contributed by atoms with Crippen molar-refractivity contribution >= 4 is 29.5 Å². The van der Waals surface area contributed by atoms with Gasteiger partial charge in [0.2, 0.25) is 0 Å². The number of carbonyl (C=O) groups excluding carboxylic acids is 3. The van der Waals surface area contributed by atoms with Crippen molar-refractivity contribution in [2.75, 3.05) is 6.54 Å². The first-order chi connectivity index (χ1) is 12.4. The predicted molar refractivity (Wildman–Crippen MR) is 85.3 cm³/mol. The Hall–Kier alpha value is -3.95. The fraction of sp³-hybridized carbons (Fsp3) is 0.0625. The number of carbonyl (C=O) groups is 3. The van der Waals surface area contributed by atoms with E-state index >= 15 is 0 Å². The number of furan rings is 1. The minimum absolute atomic E-state index is 0.0809. The predicted octanol–water partition coefficient (Wildman–Crippen LogP) is -0.175. The SMILES string of the molecule is O=C([O-])CNC(=O)/C(=C/c1cccc([N+](=O)[O-])c1)NC(=O)c1ccco1. The first-order valence-corrected chi connectivity index (χ1v) is 7.16. The van der Waals surface area contributed by atoms with Crippen LogP contribution in [0.2, 0.25) is 0 Å². The van der Waals surface area contributed by atoms with Crippen LogP contribution in [0.4, 0.5) is 5.69 Å². The van der Waals surface area contributed by atoms with E-state index in [1.807, 2.05) is 5.32 Å². The van der Waals surface area contributed by atoms with E-state index in [4.69, 9.17) is 4.42 Å². The van der Waals surface area contributed by atoms with Crippen LogP contribution in [0.5, 0.6) is 0 Å². The third kappa shape index (κ3) is 5.03. The van der Waals surface area contributed by atoms with Crippen molar-refractivity contribution in [2.24, 2.45) is 0 Å². The molecular weight excluding hydrogens is 346 g/mol. The number of hydrogen-bond acceptors (Lipinski definition) is 7. The second kappa shape index (κ2) is 8.24. The molecule has 134 valence electrons. The molecule has 1 aromatic carbocycles. The molecule has 10 nitrogen and oxygen atoms in total. The van der Waals surface area contributed by atoms with Crippen LogP contribution in [-0.4, -0.2) is 29.3 Å². The van der Waals surface area contributed by atoms with E-state index in [-0.39, 0.29) is 22.7 Å². The lowest BCUT2D eigenvalue weighted by atomic mass is 10.1. The van der Waals surface area contributed by atoms with Crippen molar-refractivity contribution in [2.45, 2.75) is 0 Å². The molecule has 10 heteroatoms.